The first-order chi connectivity index (χ1) is 8.77. The van der Waals surface area contributed by atoms with Gasteiger partial charge in [-0.2, -0.15) is 0 Å². The summed E-state index contributed by atoms with van der Waals surface area (Å²) < 4.78 is 10.3. The van der Waals surface area contributed by atoms with Crippen LogP contribution in [0.3, 0.4) is 0 Å². The summed E-state index contributed by atoms with van der Waals surface area (Å²) in [5.74, 6) is 0. The summed E-state index contributed by atoms with van der Waals surface area (Å²) in [6, 6.07) is 0. The maximum absolute atomic E-state index is 5.33. The van der Waals surface area contributed by atoms with Crippen LogP contribution < -0.4 is 10.2 Å². The van der Waals surface area contributed by atoms with E-state index < -0.39 is 0 Å². The standard InChI is InChI=1S/C12H23N3O2S/c1-4-17-8-6-15(2)12-14-10-11(18-12)9-13-5-7-16-3/h10,13H,4-9H2,1-3H3. The molecule has 0 aromatic carbocycles. The molecule has 0 bridgehead atoms. The van der Waals surface area contributed by atoms with Gasteiger partial charge in [-0.15, -0.1) is 11.3 Å². The molecule has 0 saturated heterocycles. The molecule has 0 fully saturated rings. The molecule has 0 aliphatic rings. The molecule has 1 heterocycles. The van der Waals surface area contributed by atoms with E-state index in [0.717, 1.165) is 44.6 Å². The zero-order valence-corrected chi connectivity index (χ0v) is 12.3. The van der Waals surface area contributed by atoms with Gasteiger partial charge in [0.05, 0.1) is 13.2 Å². The smallest absolute Gasteiger partial charge is 0.185 e. The highest BCUT2D eigenvalue weighted by molar-refractivity contribution is 7.15. The van der Waals surface area contributed by atoms with Crippen LogP contribution in [-0.4, -0.2) is 52.1 Å². The number of ether oxygens (including phenoxy) is 2. The van der Waals surface area contributed by atoms with Crippen LogP contribution >= 0.6 is 11.3 Å². The van der Waals surface area contributed by atoms with Gasteiger partial charge in [-0.25, -0.2) is 4.98 Å². The Hall–Kier alpha value is -0.690. The molecule has 5 nitrogen and oxygen atoms in total. The summed E-state index contributed by atoms with van der Waals surface area (Å²) >= 11 is 1.71. The monoisotopic (exact) mass is 273 g/mol. The van der Waals surface area contributed by atoms with E-state index in [1.807, 2.05) is 20.2 Å². The van der Waals surface area contributed by atoms with Gasteiger partial charge < -0.3 is 19.7 Å². The Morgan fingerprint density at radius 2 is 2.28 bits per heavy atom. The molecular weight excluding hydrogens is 250 g/mol. The van der Waals surface area contributed by atoms with Crippen LogP contribution in [0, 0.1) is 0 Å². The van der Waals surface area contributed by atoms with Crippen molar-refractivity contribution in [1.82, 2.24) is 10.3 Å². The van der Waals surface area contributed by atoms with Gasteiger partial charge in [0.2, 0.25) is 0 Å². The number of methoxy groups -OCH3 is 1. The lowest BCUT2D eigenvalue weighted by molar-refractivity contribution is 0.154. The number of hydrogen-bond acceptors (Lipinski definition) is 6. The Bertz CT molecular complexity index is 320. The first-order valence-electron chi connectivity index (χ1n) is 6.21. The summed E-state index contributed by atoms with van der Waals surface area (Å²) in [6.45, 7) is 6.84. The predicted octanol–water partition coefficient (Wildman–Crippen LogP) is 1.35. The van der Waals surface area contributed by atoms with Crippen LogP contribution in [0.5, 0.6) is 0 Å². The Morgan fingerprint density at radius 1 is 1.44 bits per heavy atom. The molecule has 104 valence electrons. The summed E-state index contributed by atoms with van der Waals surface area (Å²) in [4.78, 5) is 7.78. The highest BCUT2D eigenvalue weighted by Gasteiger charge is 2.06. The molecule has 0 unspecified atom stereocenters. The number of nitrogens with zero attached hydrogens (tertiary/aromatic N) is 2. The molecule has 1 N–H and O–H groups in total. The zero-order chi connectivity index (χ0) is 13.2. The Labute approximate surface area is 113 Å². The van der Waals surface area contributed by atoms with Crippen LogP contribution in [-0.2, 0) is 16.0 Å². The van der Waals surface area contributed by atoms with Gasteiger partial charge in [0.25, 0.3) is 0 Å². The van der Waals surface area contributed by atoms with Crippen molar-refractivity contribution in [2.75, 3.05) is 52.0 Å². The van der Waals surface area contributed by atoms with Crippen molar-refractivity contribution in [3.8, 4) is 0 Å². The number of hydrogen-bond donors (Lipinski definition) is 1. The molecular formula is C12H23N3O2S. The zero-order valence-electron chi connectivity index (χ0n) is 11.4. The maximum Gasteiger partial charge on any atom is 0.185 e. The van der Waals surface area contributed by atoms with Gasteiger partial charge in [0.15, 0.2) is 5.13 Å². The molecule has 0 radical (unpaired) electrons. The van der Waals surface area contributed by atoms with Crippen molar-refractivity contribution >= 4 is 16.5 Å². The fraction of sp³-hybridized carbons (Fsp3) is 0.750. The molecule has 18 heavy (non-hydrogen) atoms. The predicted molar refractivity (Wildman–Crippen MR) is 75.5 cm³/mol. The first kappa shape index (κ1) is 15.4. The third-order valence-electron chi connectivity index (χ3n) is 2.43. The number of aromatic nitrogens is 1. The second kappa shape index (κ2) is 9.27. The molecule has 0 aliphatic carbocycles. The van der Waals surface area contributed by atoms with Crippen LogP contribution in [0.25, 0.3) is 0 Å². The van der Waals surface area contributed by atoms with Crippen molar-refractivity contribution in [2.24, 2.45) is 0 Å². The van der Waals surface area contributed by atoms with E-state index in [1.54, 1.807) is 18.4 Å². The van der Waals surface area contributed by atoms with E-state index in [2.05, 4.69) is 15.2 Å². The van der Waals surface area contributed by atoms with E-state index in [4.69, 9.17) is 9.47 Å². The number of anilines is 1. The Morgan fingerprint density at radius 3 is 3.00 bits per heavy atom. The van der Waals surface area contributed by atoms with Gasteiger partial charge in [-0.05, 0) is 6.92 Å². The highest BCUT2D eigenvalue weighted by Crippen LogP contribution is 2.20. The van der Waals surface area contributed by atoms with Crippen LogP contribution in [0.2, 0.25) is 0 Å². The average Bonchev–Trinajstić information content (AvgIpc) is 2.84. The molecule has 0 spiro atoms. The van der Waals surface area contributed by atoms with Crippen LogP contribution in [0.1, 0.15) is 11.8 Å². The van der Waals surface area contributed by atoms with Crippen LogP contribution in [0.4, 0.5) is 5.13 Å². The minimum absolute atomic E-state index is 0.736. The molecule has 0 aliphatic heterocycles. The van der Waals surface area contributed by atoms with E-state index in [9.17, 15) is 0 Å². The van der Waals surface area contributed by atoms with Gasteiger partial charge in [0, 0.05) is 51.5 Å². The van der Waals surface area contributed by atoms with Crippen molar-refractivity contribution in [3.63, 3.8) is 0 Å². The topological polar surface area (TPSA) is 46.6 Å². The molecule has 6 heteroatoms. The molecule has 1 aromatic heterocycles. The third-order valence-corrected chi connectivity index (χ3v) is 3.54. The highest BCUT2D eigenvalue weighted by atomic mass is 32.1. The molecule has 1 aromatic rings. The SMILES string of the molecule is CCOCCN(C)c1ncc(CNCCOC)s1. The van der Waals surface area contributed by atoms with E-state index in [-0.39, 0.29) is 0 Å². The minimum atomic E-state index is 0.736. The number of likely N-dealkylation sites (N-methyl/N-ethyl adjacent to an activating group) is 1. The fourth-order valence-electron chi connectivity index (χ4n) is 1.38. The number of thiazole rings is 1. The van der Waals surface area contributed by atoms with Crippen molar-refractivity contribution < 1.29 is 9.47 Å². The second-order valence-corrected chi connectivity index (χ2v) is 4.99. The lowest BCUT2D eigenvalue weighted by atomic mass is 10.5. The summed E-state index contributed by atoms with van der Waals surface area (Å²) in [7, 11) is 3.75. The number of nitrogens with one attached hydrogen (secondary N) is 1. The Balaban J connectivity index is 2.28. The largest absolute Gasteiger partial charge is 0.383 e. The Kier molecular flexibility index (Phi) is 7.91. The van der Waals surface area contributed by atoms with Crippen LogP contribution in [0.15, 0.2) is 6.20 Å². The number of rotatable bonds is 10. The second-order valence-electron chi connectivity index (χ2n) is 3.90. The van der Waals surface area contributed by atoms with Gasteiger partial charge in [-0.1, -0.05) is 0 Å². The van der Waals surface area contributed by atoms with Gasteiger partial charge >= 0.3 is 0 Å². The average molecular weight is 273 g/mol. The normalized spacial score (nSPS) is 10.8. The molecule has 0 atom stereocenters. The van der Waals surface area contributed by atoms with Gasteiger partial charge in [-0.3, -0.25) is 0 Å². The lowest BCUT2D eigenvalue weighted by Crippen LogP contribution is -2.22. The van der Waals surface area contributed by atoms with E-state index in [1.165, 1.54) is 4.88 Å². The molecule has 1 rings (SSSR count). The minimum Gasteiger partial charge on any atom is -0.383 e. The molecule has 0 amide bonds. The first-order valence-corrected chi connectivity index (χ1v) is 7.02. The lowest BCUT2D eigenvalue weighted by Gasteiger charge is -2.14. The van der Waals surface area contributed by atoms with Crippen molar-refractivity contribution in [3.05, 3.63) is 11.1 Å². The molecule has 0 saturated carbocycles. The fourth-order valence-corrected chi connectivity index (χ4v) is 2.25. The summed E-state index contributed by atoms with van der Waals surface area (Å²) in [6.07, 6.45) is 1.93. The summed E-state index contributed by atoms with van der Waals surface area (Å²) in [5, 5.41) is 4.35. The van der Waals surface area contributed by atoms with Gasteiger partial charge in [0.1, 0.15) is 0 Å². The van der Waals surface area contributed by atoms with Crippen molar-refractivity contribution in [2.45, 2.75) is 13.5 Å². The quantitative estimate of drug-likeness (QED) is 0.652. The van der Waals surface area contributed by atoms with E-state index >= 15 is 0 Å². The van der Waals surface area contributed by atoms with Crippen molar-refractivity contribution in [1.29, 1.82) is 0 Å². The third kappa shape index (κ3) is 5.77. The van der Waals surface area contributed by atoms with E-state index in [0.29, 0.717) is 0 Å². The summed E-state index contributed by atoms with van der Waals surface area (Å²) in [5.41, 5.74) is 0. The maximum atomic E-state index is 5.33.